The molecule has 0 aliphatic rings. The Kier molecular flexibility index (Phi) is 7.70. The quantitative estimate of drug-likeness (QED) is 0.833. The summed E-state index contributed by atoms with van der Waals surface area (Å²) in [7, 11) is 1.36. The molecule has 0 aromatic heterocycles. The molecule has 0 unspecified atom stereocenters. The Bertz CT molecular complexity index is 361. The zero-order valence-electron chi connectivity index (χ0n) is 9.56. The number of nitrogens with two attached hydrogens (primary N) is 1. The molecule has 17 heavy (non-hydrogen) atoms. The second kappa shape index (κ2) is 8.17. The minimum absolute atomic E-state index is 0. The molecule has 0 fully saturated rings. The zero-order valence-corrected chi connectivity index (χ0v) is 11.1. The second-order valence-corrected chi connectivity index (χ2v) is 3.70. The van der Waals surface area contributed by atoms with E-state index in [4.69, 9.17) is 17.3 Å². The molecule has 0 saturated carbocycles. The molecule has 0 atom stereocenters. The van der Waals surface area contributed by atoms with E-state index in [0.717, 1.165) is 5.69 Å². The van der Waals surface area contributed by atoms with Crippen molar-refractivity contribution in [3.63, 3.8) is 0 Å². The van der Waals surface area contributed by atoms with Crippen molar-refractivity contribution in [3.05, 3.63) is 29.3 Å². The van der Waals surface area contributed by atoms with Gasteiger partial charge in [0.25, 0.3) is 0 Å². The van der Waals surface area contributed by atoms with E-state index in [-0.39, 0.29) is 24.9 Å². The van der Waals surface area contributed by atoms with Gasteiger partial charge in [-0.25, -0.2) is 0 Å². The minimum Gasteiger partial charge on any atom is -0.468 e. The summed E-state index contributed by atoms with van der Waals surface area (Å²) in [6.07, 6.45) is 0. The Morgan fingerprint density at radius 3 is 2.76 bits per heavy atom. The van der Waals surface area contributed by atoms with E-state index in [9.17, 15) is 4.79 Å². The molecule has 1 aromatic carbocycles. The van der Waals surface area contributed by atoms with Crippen molar-refractivity contribution in [2.24, 2.45) is 5.73 Å². The van der Waals surface area contributed by atoms with Gasteiger partial charge in [0.1, 0.15) is 6.54 Å². The number of methoxy groups -OCH3 is 1. The summed E-state index contributed by atoms with van der Waals surface area (Å²) < 4.78 is 4.62. The molecular weight excluding hydrogens is 263 g/mol. The number of hydrogen-bond donors (Lipinski definition) is 1. The fourth-order valence-corrected chi connectivity index (χ4v) is 1.53. The van der Waals surface area contributed by atoms with E-state index >= 15 is 0 Å². The van der Waals surface area contributed by atoms with Gasteiger partial charge in [0.05, 0.1) is 7.11 Å². The van der Waals surface area contributed by atoms with Gasteiger partial charge in [-0.15, -0.1) is 12.4 Å². The zero-order chi connectivity index (χ0) is 12.0. The Balaban J connectivity index is 0.00000256. The van der Waals surface area contributed by atoms with Gasteiger partial charge < -0.3 is 15.4 Å². The summed E-state index contributed by atoms with van der Waals surface area (Å²) in [5.41, 5.74) is 6.36. The lowest BCUT2D eigenvalue weighted by molar-refractivity contribution is -0.138. The van der Waals surface area contributed by atoms with Gasteiger partial charge >= 0.3 is 5.97 Å². The molecule has 6 heteroatoms. The molecule has 1 rings (SSSR count). The maximum Gasteiger partial charge on any atom is 0.325 e. The highest BCUT2D eigenvalue weighted by Crippen LogP contribution is 2.18. The third kappa shape index (κ3) is 5.26. The first kappa shape index (κ1) is 16.0. The second-order valence-electron chi connectivity index (χ2n) is 3.27. The minimum atomic E-state index is -0.298. The van der Waals surface area contributed by atoms with Gasteiger partial charge in [-0.1, -0.05) is 17.7 Å². The third-order valence-electron chi connectivity index (χ3n) is 2.12. The molecule has 4 nitrogen and oxygen atoms in total. The van der Waals surface area contributed by atoms with Crippen LogP contribution in [-0.2, 0) is 9.53 Å². The van der Waals surface area contributed by atoms with Gasteiger partial charge in [0.15, 0.2) is 0 Å². The summed E-state index contributed by atoms with van der Waals surface area (Å²) in [5, 5.41) is 0.629. The number of nitrogens with zero attached hydrogens (tertiary/aromatic N) is 1. The highest BCUT2D eigenvalue weighted by Gasteiger charge is 2.11. The van der Waals surface area contributed by atoms with Crippen molar-refractivity contribution in [2.45, 2.75) is 0 Å². The van der Waals surface area contributed by atoms with E-state index in [2.05, 4.69) is 4.74 Å². The lowest BCUT2D eigenvalue weighted by atomic mass is 10.3. The number of benzene rings is 1. The standard InChI is InChI=1S/C11H15ClN2O2.ClH/c1-16-11(15)8-14(6-5-13)10-4-2-3-9(12)7-10;/h2-4,7H,5-6,8,13H2,1H3;1H. The van der Waals surface area contributed by atoms with Gasteiger partial charge in [0.2, 0.25) is 0 Å². The number of ether oxygens (including phenoxy) is 1. The summed E-state index contributed by atoms with van der Waals surface area (Å²) in [5.74, 6) is -0.298. The Morgan fingerprint density at radius 1 is 1.53 bits per heavy atom. The van der Waals surface area contributed by atoms with Crippen molar-refractivity contribution >= 4 is 35.7 Å². The highest BCUT2D eigenvalue weighted by atomic mass is 35.5. The van der Waals surface area contributed by atoms with E-state index in [1.807, 2.05) is 17.0 Å². The van der Waals surface area contributed by atoms with Gasteiger partial charge in [-0.3, -0.25) is 4.79 Å². The number of anilines is 1. The van der Waals surface area contributed by atoms with Gasteiger partial charge in [-0.05, 0) is 18.2 Å². The van der Waals surface area contributed by atoms with Crippen LogP contribution in [0.15, 0.2) is 24.3 Å². The number of carbonyl (C=O) groups excluding carboxylic acids is 1. The number of hydrogen-bond acceptors (Lipinski definition) is 4. The van der Waals surface area contributed by atoms with Crippen LogP contribution in [0.5, 0.6) is 0 Å². The van der Waals surface area contributed by atoms with E-state index in [1.165, 1.54) is 7.11 Å². The first-order chi connectivity index (χ1) is 7.67. The van der Waals surface area contributed by atoms with Crippen molar-refractivity contribution in [2.75, 3.05) is 31.6 Å². The molecule has 0 saturated heterocycles. The Labute approximate surface area is 112 Å². The normalized spacial score (nSPS) is 9.35. The number of halogens is 2. The van der Waals surface area contributed by atoms with Crippen LogP contribution >= 0.6 is 24.0 Å². The number of esters is 1. The smallest absolute Gasteiger partial charge is 0.325 e. The van der Waals surface area contributed by atoms with Crippen molar-refractivity contribution < 1.29 is 9.53 Å². The van der Waals surface area contributed by atoms with Crippen LogP contribution in [0.4, 0.5) is 5.69 Å². The molecular formula is C11H16Cl2N2O2. The summed E-state index contributed by atoms with van der Waals surface area (Å²) >= 11 is 5.89. The van der Waals surface area contributed by atoms with E-state index in [0.29, 0.717) is 18.1 Å². The van der Waals surface area contributed by atoms with Crippen LogP contribution in [0.3, 0.4) is 0 Å². The topological polar surface area (TPSA) is 55.6 Å². The average molecular weight is 279 g/mol. The van der Waals surface area contributed by atoms with Crippen LogP contribution in [-0.4, -0.2) is 32.7 Å². The first-order valence-electron chi connectivity index (χ1n) is 4.94. The monoisotopic (exact) mass is 278 g/mol. The average Bonchev–Trinajstić information content (AvgIpc) is 2.28. The lowest BCUT2D eigenvalue weighted by Crippen LogP contribution is -2.34. The summed E-state index contributed by atoms with van der Waals surface area (Å²) in [6, 6.07) is 7.28. The summed E-state index contributed by atoms with van der Waals surface area (Å²) in [6.45, 7) is 1.22. The van der Waals surface area contributed by atoms with Crippen molar-refractivity contribution in [3.8, 4) is 0 Å². The van der Waals surface area contributed by atoms with Crippen LogP contribution in [0.25, 0.3) is 0 Å². The molecule has 1 aromatic rings. The van der Waals surface area contributed by atoms with Crippen LogP contribution < -0.4 is 10.6 Å². The Hall–Kier alpha value is -0.970. The van der Waals surface area contributed by atoms with Crippen molar-refractivity contribution in [1.29, 1.82) is 0 Å². The fourth-order valence-electron chi connectivity index (χ4n) is 1.35. The maximum atomic E-state index is 11.2. The molecule has 0 aliphatic heterocycles. The predicted octanol–water partition coefficient (Wildman–Crippen LogP) is 1.70. The molecule has 0 aliphatic carbocycles. The van der Waals surface area contributed by atoms with Crippen LogP contribution in [0.2, 0.25) is 5.02 Å². The molecule has 0 spiro atoms. The highest BCUT2D eigenvalue weighted by molar-refractivity contribution is 6.30. The first-order valence-corrected chi connectivity index (χ1v) is 5.32. The number of rotatable bonds is 5. The molecule has 0 radical (unpaired) electrons. The molecule has 0 bridgehead atoms. The van der Waals surface area contributed by atoms with Gasteiger partial charge in [0, 0.05) is 23.8 Å². The predicted molar refractivity (Wildman–Crippen MR) is 72.0 cm³/mol. The maximum absolute atomic E-state index is 11.2. The molecule has 0 heterocycles. The number of carbonyl (C=O) groups is 1. The molecule has 2 N–H and O–H groups in total. The van der Waals surface area contributed by atoms with E-state index in [1.54, 1.807) is 12.1 Å². The molecule has 0 amide bonds. The lowest BCUT2D eigenvalue weighted by Gasteiger charge is -2.22. The van der Waals surface area contributed by atoms with Gasteiger partial charge in [-0.2, -0.15) is 0 Å². The Morgan fingerprint density at radius 2 is 2.24 bits per heavy atom. The molecule has 96 valence electrons. The fraction of sp³-hybridized carbons (Fsp3) is 0.364. The SMILES string of the molecule is COC(=O)CN(CCN)c1cccc(Cl)c1.Cl. The van der Waals surface area contributed by atoms with Crippen molar-refractivity contribution in [1.82, 2.24) is 0 Å². The van der Waals surface area contributed by atoms with E-state index < -0.39 is 0 Å². The largest absolute Gasteiger partial charge is 0.468 e. The summed E-state index contributed by atoms with van der Waals surface area (Å²) in [4.78, 5) is 13.0. The van der Waals surface area contributed by atoms with Crippen LogP contribution in [0, 0.1) is 0 Å². The van der Waals surface area contributed by atoms with Crippen LogP contribution in [0.1, 0.15) is 0 Å². The third-order valence-corrected chi connectivity index (χ3v) is 2.36.